The molecule has 0 spiro atoms. The van der Waals surface area contributed by atoms with Crippen LogP contribution in [-0.4, -0.2) is 50.1 Å². The molecule has 11 nitrogen and oxygen atoms in total. The van der Waals surface area contributed by atoms with Crippen LogP contribution >= 0.6 is 11.3 Å². The number of nitrogens with two attached hydrogens (primary N) is 1. The molecule has 194 valence electrons. The fourth-order valence-corrected chi connectivity index (χ4v) is 4.60. The lowest BCUT2D eigenvalue weighted by atomic mass is 10.1. The molecular formula is C24H31N5O6S. The number of carbonyl (C=O) groups is 3. The first kappa shape index (κ1) is 26.9. The minimum absolute atomic E-state index is 0.0519. The van der Waals surface area contributed by atoms with Crippen LogP contribution in [0.25, 0.3) is 11.0 Å². The number of aromatic amines is 2. The van der Waals surface area contributed by atoms with E-state index in [4.69, 9.17) is 15.6 Å². The summed E-state index contributed by atoms with van der Waals surface area (Å²) in [7, 11) is 0. The highest BCUT2D eigenvalue weighted by Crippen LogP contribution is 2.21. The third-order valence-corrected chi connectivity index (χ3v) is 6.77. The van der Waals surface area contributed by atoms with E-state index in [-0.39, 0.29) is 30.5 Å². The number of unbranched alkanes of at least 4 members (excludes halogenated alkanes) is 1. The molecule has 2 atom stereocenters. The Morgan fingerprint density at radius 3 is 2.72 bits per heavy atom. The highest BCUT2D eigenvalue weighted by atomic mass is 32.1. The summed E-state index contributed by atoms with van der Waals surface area (Å²) in [5.41, 5.74) is 7.09. The lowest BCUT2D eigenvalue weighted by molar-refractivity contribution is -0.151. The Labute approximate surface area is 211 Å². The van der Waals surface area contributed by atoms with Gasteiger partial charge >= 0.3 is 11.9 Å². The van der Waals surface area contributed by atoms with Gasteiger partial charge in [0.15, 0.2) is 0 Å². The Balaban J connectivity index is 1.57. The van der Waals surface area contributed by atoms with Crippen molar-refractivity contribution in [2.24, 2.45) is 0 Å². The van der Waals surface area contributed by atoms with E-state index in [1.165, 1.54) is 11.3 Å². The molecule has 0 fully saturated rings. The molecule has 0 aliphatic rings. The zero-order valence-corrected chi connectivity index (χ0v) is 21.1. The molecule has 3 aromatic rings. The van der Waals surface area contributed by atoms with Gasteiger partial charge in [0.1, 0.15) is 11.7 Å². The van der Waals surface area contributed by atoms with E-state index in [1.807, 2.05) is 12.3 Å². The monoisotopic (exact) mass is 517 g/mol. The van der Waals surface area contributed by atoms with Gasteiger partial charge in [-0.3, -0.25) is 19.4 Å². The van der Waals surface area contributed by atoms with E-state index in [0.29, 0.717) is 35.9 Å². The molecule has 0 radical (unpaired) electrons. The predicted molar refractivity (Wildman–Crippen MR) is 136 cm³/mol. The van der Waals surface area contributed by atoms with Crippen molar-refractivity contribution in [3.8, 4) is 0 Å². The zero-order chi connectivity index (χ0) is 26.2. The molecule has 3 rings (SSSR count). The molecule has 3 aromatic heterocycles. The summed E-state index contributed by atoms with van der Waals surface area (Å²) in [6.45, 7) is 3.61. The van der Waals surface area contributed by atoms with E-state index in [0.717, 1.165) is 23.4 Å². The van der Waals surface area contributed by atoms with Crippen molar-refractivity contribution in [2.75, 3.05) is 5.73 Å². The summed E-state index contributed by atoms with van der Waals surface area (Å²) in [5, 5.41) is 13.9. The second kappa shape index (κ2) is 12.3. The van der Waals surface area contributed by atoms with Gasteiger partial charge in [-0.1, -0.05) is 6.92 Å². The number of nitrogens with one attached hydrogen (secondary N) is 3. The normalized spacial score (nSPS) is 12.8. The number of carboxylic acids is 1. The summed E-state index contributed by atoms with van der Waals surface area (Å²) < 4.78 is 5.32. The summed E-state index contributed by atoms with van der Waals surface area (Å²) in [6, 6.07) is 2.42. The predicted octanol–water partition coefficient (Wildman–Crippen LogP) is 2.77. The highest BCUT2D eigenvalue weighted by molar-refractivity contribution is 7.10. The number of hydrogen-bond acceptors (Lipinski definition) is 8. The average molecular weight is 518 g/mol. The summed E-state index contributed by atoms with van der Waals surface area (Å²) in [4.78, 5) is 59.0. The van der Waals surface area contributed by atoms with Gasteiger partial charge in [0.05, 0.1) is 17.1 Å². The lowest BCUT2D eigenvalue weighted by Crippen LogP contribution is -2.43. The van der Waals surface area contributed by atoms with Crippen LogP contribution in [0.4, 0.5) is 5.95 Å². The molecule has 0 bridgehead atoms. The molecular weight excluding hydrogens is 486 g/mol. The van der Waals surface area contributed by atoms with Gasteiger partial charge in [-0.05, 0) is 63.0 Å². The summed E-state index contributed by atoms with van der Waals surface area (Å²) in [6.07, 6.45) is 2.91. The highest BCUT2D eigenvalue weighted by Gasteiger charge is 2.26. The first-order valence-electron chi connectivity index (χ1n) is 11.8. The molecule has 0 aromatic carbocycles. The number of fused-ring (bicyclic) bond motifs is 1. The van der Waals surface area contributed by atoms with Gasteiger partial charge < -0.3 is 25.9 Å². The van der Waals surface area contributed by atoms with Gasteiger partial charge in [0.2, 0.25) is 5.95 Å². The Morgan fingerprint density at radius 2 is 2.00 bits per heavy atom. The molecule has 0 aliphatic carbocycles. The molecule has 3 heterocycles. The Hall–Kier alpha value is -3.67. The number of esters is 1. The average Bonchev–Trinajstić information content (AvgIpc) is 3.46. The zero-order valence-electron chi connectivity index (χ0n) is 20.3. The maximum Gasteiger partial charge on any atom is 0.328 e. The first-order chi connectivity index (χ1) is 17.2. The third-order valence-electron chi connectivity index (χ3n) is 5.79. The molecule has 2 unspecified atom stereocenters. The van der Waals surface area contributed by atoms with E-state index in [9.17, 15) is 19.2 Å². The number of aryl methyl sites for hydroxylation is 2. The quantitative estimate of drug-likeness (QED) is 0.169. The van der Waals surface area contributed by atoms with Crippen LogP contribution in [0, 0.1) is 0 Å². The standard InChI is InChI=1S/C24H31N5O6S/c1-3-13(2)35-23(34)17(8-9-19(30)31)27-21(32)15-10-11-36-18(15)7-5-4-6-14-12-16-20(26-14)28-24(25)29-22(16)33/h10-13,17H,3-9H2,1-2H3,(H,27,32)(H,30,31)(H4,25,26,28,29,33). The number of thiophene rings is 1. The Kier molecular flexibility index (Phi) is 9.23. The number of aromatic nitrogens is 3. The van der Waals surface area contributed by atoms with Crippen molar-refractivity contribution in [3.05, 3.63) is 44.0 Å². The van der Waals surface area contributed by atoms with Crippen LogP contribution in [0.15, 0.2) is 22.3 Å². The number of carboxylic acid groups (broad SMARTS) is 1. The number of carbonyl (C=O) groups excluding carboxylic acids is 2. The molecule has 6 N–H and O–H groups in total. The number of anilines is 1. The molecule has 1 amide bonds. The fraction of sp³-hybridized carbons (Fsp3) is 0.458. The summed E-state index contributed by atoms with van der Waals surface area (Å²) in [5.74, 6) is -2.06. The molecule has 36 heavy (non-hydrogen) atoms. The van der Waals surface area contributed by atoms with Crippen LogP contribution in [0.5, 0.6) is 0 Å². The van der Waals surface area contributed by atoms with Crippen LogP contribution in [-0.2, 0) is 27.2 Å². The molecule has 0 saturated heterocycles. The lowest BCUT2D eigenvalue weighted by Gasteiger charge is -2.19. The van der Waals surface area contributed by atoms with Gasteiger partial charge in [-0.15, -0.1) is 11.3 Å². The molecule has 12 heteroatoms. The maximum atomic E-state index is 12.9. The van der Waals surface area contributed by atoms with Crippen molar-refractivity contribution in [1.82, 2.24) is 20.3 Å². The van der Waals surface area contributed by atoms with Crippen LogP contribution < -0.4 is 16.6 Å². The van der Waals surface area contributed by atoms with Gasteiger partial charge in [0, 0.05) is 17.0 Å². The van der Waals surface area contributed by atoms with Crippen molar-refractivity contribution < 1.29 is 24.2 Å². The minimum atomic E-state index is -1.05. The van der Waals surface area contributed by atoms with Crippen LogP contribution in [0.3, 0.4) is 0 Å². The van der Waals surface area contributed by atoms with Crippen LogP contribution in [0.2, 0.25) is 0 Å². The van der Waals surface area contributed by atoms with Gasteiger partial charge in [0.25, 0.3) is 11.5 Å². The van der Waals surface area contributed by atoms with E-state index in [2.05, 4.69) is 20.3 Å². The molecule has 0 saturated carbocycles. The Bertz CT molecular complexity index is 1280. The number of ether oxygens (including phenoxy) is 1. The van der Waals surface area contributed by atoms with E-state index in [1.54, 1.807) is 19.1 Å². The van der Waals surface area contributed by atoms with Gasteiger partial charge in [-0.25, -0.2) is 4.79 Å². The number of rotatable bonds is 13. The number of hydrogen-bond donors (Lipinski definition) is 5. The SMILES string of the molecule is CCC(C)OC(=O)C(CCC(=O)O)NC(=O)c1ccsc1CCCCc1cc2c(=O)[nH]c(N)nc2[nH]1. The molecule has 0 aliphatic heterocycles. The largest absolute Gasteiger partial charge is 0.481 e. The third kappa shape index (κ3) is 7.17. The second-order valence-electron chi connectivity index (χ2n) is 8.59. The van der Waals surface area contributed by atoms with Crippen molar-refractivity contribution in [2.45, 2.75) is 70.9 Å². The first-order valence-corrected chi connectivity index (χ1v) is 12.7. The topological polar surface area (TPSA) is 180 Å². The Morgan fingerprint density at radius 1 is 1.25 bits per heavy atom. The van der Waals surface area contributed by atoms with Crippen LogP contribution in [0.1, 0.15) is 66.9 Å². The number of nitrogen functional groups attached to an aromatic ring is 1. The van der Waals surface area contributed by atoms with E-state index < -0.39 is 23.9 Å². The van der Waals surface area contributed by atoms with E-state index >= 15 is 0 Å². The fourth-order valence-electron chi connectivity index (χ4n) is 3.68. The van der Waals surface area contributed by atoms with Crippen molar-refractivity contribution >= 4 is 46.2 Å². The van der Waals surface area contributed by atoms with Crippen molar-refractivity contribution in [1.29, 1.82) is 0 Å². The van der Waals surface area contributed by atoms with Crippen molar-refractivity contribution in [3.63, 3.8) is 0 Å². The minimum Gasteiger partial charge on any atom is -0.481 e. The number of aliphatic carboxylic acids is 1. The maximum absolute atomic E-state index is 12.9. The number of H-pyrrole nitrogens is 2. The second-order valence-corrected chi connectivity index (χ2v) is 9.59. The van der Waals surface area contributed by atoms with Gasteiger partial charge in [-0.2, -0.15) is 4.98 Å². The smallest absolute Gasteiger partial charge is 0.328 e. The number of nitrogens with zero attached hydrogens (tertiary/aromatic N) is 1. The number of amides is 1. The summed E-state index contributed by atoms with van der Waals surface area (Å²) >= 11 is 1.45.